The molecule has 6 heteroatoms. The van der Waals surface area contributed by atoms with Gasteiger partial charge in [0.25, 0.3) is 0 Å². The number of hydrogen-bond donors (Lipinski definition) is 2. The Bertz CT molecular complexity index is 990. The molecule has 0 spiro atoms. The number of piperazine rings is 1. The van der Waals surface area contributed by atoms with E-state index in [-0.39, 0.29) is 0 Å². The second kappa shape index (κ2) is 8.82. The quantitative estimate of drug-likeness (QED) is 0.530. The minimum atomic E-state index is 0.338. The number of nitrogens with zero attached hydrogens (tertiary/aromatic N) is 4. The molecule has 2 heterocycles. The van der Waals surface area contributed by atoms with Crippen LogP contribution in [0, 0.1) is 0 Å². The number of rotatable bonds is 4. The Kier molecular flexibility index (Phi) is 5.79. The summed E-state index contributed by atoms with van der Waals surface area (Å²) in [4.78, 5) is 13.9. The van der Waals surface area contributed by atoms with Crippen LogP contribution in [-0.2, 0) is 6.54 Å². The van der Waals surface area contributed by atoms with Crippen LogP contribution in [0.1, 0.15) is 12.5 Å². The highest BCUT2D eigenvalue weighted by atomic mass is 16.3. The maximum Gasteiger partial charge on any atom is 0.194 e. The second-order valence-electron chi connectivity index (χ2n) is 7.13. The maximum atomic E-state index is 10.1. The van der Waals surface area contributed by atoms with Crippen molar-refractivity contribution >= 4 is 22.5 Å². The maximum absolute atomic E-state index is 10.1. The van der Waals surface area contributed by atoms with E-state index in [9.17, 15) is 5.11 Å². The Morgan fingerprint density at radius 2 is 1.83 bits per heavy atom. The van der Waals surface area contributed by atoms with E-state index in [4.69, 9.17) is 4.99 Å². The summed E-state index contributed by atoms with van der Waals surface area (Å²) in [5, 5.41) is 14.7. The van der Waals surface area contributed by atoms with Crippen molar-refractivity contribution in [2.45, 2.75) is 13.5 Å². The first-order valence-electron chi connectivity index (χ1n) is 10.1. The van der Waals surface area contributed by atoms with Crippen LogP contribution in [0.3, 0.4) is 0 Å². The van der Waals surface area contributed by atoms with Crippen molar-refractivity contribution in [1.82, 2.24) is 15.2 Å². The van der Waals surface area contributed by atoms with Crippen LogP contribution in [0.2, 0.25) is 0 Å². The normalized spacial score (nSPS) is 15.0. The molecule has 0 saturated carbocycles. The second-order valence-corrected chi connectivity index (χ2v) is 7.13. The van der Waals surface area contributed by atoms with Crippen LogP contribution in [0.25, 0.3) is 10.9 Å². The average Bonchev–Trinajstić information content (AvgIpc) is 2.77. The van der Waals surface area contributed by atoms with Crippen LogP contribution >= 0.6 is 0 Å². The summed E-state index contributed by atoms with van der Waals surface area (Å²) in [7, 11) is 0. The molecule has 1 aliphatic rings. The summed E-state index contributed by atoms with van der Waals surface area (Å²) >= 11 is 0. The predicted octanol–water partition coefficient (Wildman–Crippen LogP) is 3.23. The number of phenolic OH excluding ortho intramolecular Hbond substituents is 1. The lowest BCUT2D eigenvalue weighted by molar-refractivity contribution is 0.370. The SMILES string of the molecule is CCNC(=NCc1cccc2cccnc12)N1CCN(c2ccccc2O)CC1. The molecular weight excluding hydrogens is 362 g/mol. The molecule has 150 valence electrons. The van der Waals surface area contributed by atoms with E-state index in [1.165, 1.54) is 0 Å². The van der Waals surface area contributed by atoms with Crippen LogP contribution in [-0.4, -0.2) is 53.7 Å². The molecule has 1 saturated heterocycles. The number of aliphatic imine (C=N–C) groups is 1. The Hall–Kier alpha value is -3.28. The summed E-state index contributed by atoms with van der Waals surface area (Å²) in [5.74, 6) is 1.27. The first-order valence-corrected chi connectivity index (χ1v) is 10.1. The lowest BCUT2D eigenvalue weighted by atomic mass is 10.1. The Labute approximate surface area is 171 Å². The number of nitrogens with one attached hydrogen (secondary N) is 1. The monoisotopic (exact) mass is 389 g/mol. The molecule has 4 rings (SSSR count). The summed E-state index contributed by atoms with van der Waals surface area (Å²) in [6.45, 7) is 6.91. The van der Waals surface area contributed by atoms with E-state index < -0.39 is 0 Å². The molecule has 0 radical (unpaired) electrons. The number of anilines is 1. The summed E-state index contributed by atoms with van der Waals surface area (Å²) < 4.78 is 0. The molecule has 0 unspecified atom stereocenters. The van der Waals surface area contributed by atoms with Gasteiger partial charge in [0.05, 0.1) is 17.7 Å². The zero-order valence-corrected chi connectivity index (χ0v) is 16.8. The molecule has 6 nitrogen and oxygen atoms in total. The van der Waals surface area contributed by atoms with Gasteiger partial charge in [-0.15, -0.1) is 0 Å². The molecule has 1 fully saturated rings. The Balaban J connectivity index is 1.47. The third-order valence-corrected chi connectivity index (χ3v) is 5.25. The molecule has 2 N–H and O–H groups in total. The van der Waals surface area contributed by atoms with E-state index in [1.807, 2.05) is 30.5 Å². The highest BCUT2D eigenvalue weighted by Gasteiger charge is 2.21. The third-order valence-electron chi connectivity index (χ3n) is 5.25. The summed E-state index contributed by atoms with van der Waals surface area (Å²) in [6.07, 6.45) is 1.83. The fourth-order valence-electron chi connectivity index (χ4n) is 3.77. The van der Waals surface area contributed by atoms with E-state index >= 15 is 0 Å². The fourth-order valence-corrected chi connectivity index (χ4v) is 3.77. The molecule has 1 aliphatic heterocycles. The van der Waals surface area contributed by atoms with E-state index in [1.54, 1.807) is 6.07 Å². The highest BCUT2D eigenvalue weighted by Crippen LogP contribution is 2.27. The lowest BCUT2D eigenvalue weighted by Crippen LogP contribution is -2.52. The summed E-state index contributed by atoms with van der Waals surface area (Å²) in [6, 6.07) is 17.8. The van der Waals surface area contributed by atoms with Gasteiger partial charge in [-0.1, -0.05) is 36.4 Å². The van der Waals surface area contributed by atoms with E-state index in [0.717, 1.165) is 60.8 Å². The number of phenols is 1. The van der Waals surface area contributed by atoms with Crippen molar-refractivity contribution in [2.24, 2.45) is 4.99 Å². The van der Waals surface area contributed by atoms with E-state index in [2.05, 4.69) is 51.3 Å². The first kappa shape index (κ1) is 19.1. The van der Waals surface area contributed by atoms with Gasteiger partial charge in [0.1, 0.15) is 5.75 Å². The number of fused-ring (bicyclic) bond motifs is 1. The van der Waals surface area contributed by atoms with Crippen molar-refractivity contribution in [2.75, 3.05) is 37.6 Å². The number of aromatic hydroxyl groups is 1. The van der Waals surface area contributed by atoms with Crippen LogP contribution in [0.15, 0.2) is 65.8 Å². The predicted molar refractivity (Wildman–Crippen MR) is 118 cm³/mol. The van der Waals surface area contributed by atoms with Gasteiger partial charge < -0.3 is 20.2 Å². The molecular formula is C23H27N5O. The van der Waals surface area contributed by atoms with Crippen molar-refractivity contribution in [3.8, 4) is 5.75 Å². The zero-order chi connectivity index (χ0) is 20.1. The number of guanidine groups is 1. The topological polar surface area (TPSA) is 64.0 Å². The largest absolute Gasteiger partial charge is 0.506 e. The van der Waals surface area contributed by atoms with Gasteiger partial charge >= 0.3 is 0 Å². The van der Waals surface area contributed by atoms with Gasteiger partial charge in [-0.05, 0) is 30.7 Å². The third kappa shape index (κ3) is 4.26. The average molecular weight is 390 g/mol. The first-order chi connectivity index (χ1) is 14.3. The summed E-state index contributed by atoms with van der Waals surface area (Å²) in [5.41, 5.74) is 3.04. The number of aromatic nitrogens is 1. The van der Waals surface area contributed by atoms with Gasteiger partial charge in [-0.25, -0.2) is 4.99 Å². The van der Waals surface area contributed by atoms with Crippen molar-refractivity contribution in [1.29, 1.82) is 0 Å². The fraction of sp³-hybridized carbons (Fsp3) is 0.304. The van der Waals surface area contributed by atoms with Gasteiger partial charge in [-0.2, -0.15) is 0 Å². The number of hydrogen-bond acceptors (Lipinski definition) is 4. The van der Waals surface area contributed by atoms with Gasteiger partial charge in [0, 0.05) is 44.3 Å². The van der Waals surface area contributed by atoms with Crippen molar-refractivity contribution < 1.29 is 5.11 Å². The Morgan fingerprint density at radius 1 is 1.03 bits per heavy atom. The van der Waals surface area contributed by atoms with Gasteiger partial charge in [0.15, 0.2) is 5.96 Å². The molecule has 29 heavy (non-hydrogen) atoms. The molecule has 0 atom stereocenters. The number of para-hydroxylation sites is 3. The minimum absolute atomic E-state index is 0.338. The van der Waals surface area contributed by atoms with Crippen LogP contribution < -0.4 is 10.2 Å². The van der Waals surface area contributed by atoms with Crippen molar-refractivity contribution in [3.63, 3.8) is 0 Å². The molecule has 0 amide bonds. The minimum Gasteiger partial charge on any atom is -0.506 e. The van der Waals surface area contributed by atoms with Gasteiger partial charge in [-0.3, -0.25) is 4.98 Å². The molecule has 0 aliphatic carbocycles. The van der Waals surface area contributed by atoms with Crippen LogP contribution in [0.5, 0.6) is 5.75 Å². The number of benzene rings is 2. The highest BCUT2D eigenvalue weighted by molar-refractivity contribution is 5.83. The lowest BCUT2D eigenvalue weighted by Gasteiger charge is -2.37. The van der Waals surface area contributed by atoms with Crippen LogP contribution in [0.4, 0.5) is 5.69 Å². The molecule has 3 aromatic rings. The van der Waals surface area contributed by atoms with Crippen molar-refractivity contribution in [3.05, 3.63) is 66.4 Å². The molecule has 2 aromatic carbocycles. The molecule has 1 aromatic heterocycles. The standard InChI is InChI=1S/C23H27N5O/c1-2-24-23(26-17-19-8-5-7-18-9-6-12-25-22(18)19)28-15-13-27(14-16-28)20-10-3-4-11-21(20)29/h3-12,29H,2,13-17H2,1H3,(H,24,26). The Morgan fingerprint density at radius 3 is 2.62 bits per heavy atom. The van der Waals surface area contributed by atoms with E-state index in [0.29, 0.717) is 12.3 Å². The number of pyridine rings is 1. The zero-order valence-electron chi connectivity index (χ0n) is 16.8. The smallest absolute Gasteiger partial charge is 0.194 e. The van der Waals surface area contributed by atoms with Gasteiger partial charge in [0.2, 0.25) is 0 Å². The molecule has 0 bridgehead atoms.